The highest BCUT2D eigenvalue weighted by molar-refractivity contribution is 8.00. The van der Waals surface area contributed by atoms with E-state index in [0.717, 1.165) is 38.0 Å². The minimum Gasteiger partial charge on any atom is -0.409 e. The Kier molecular flexibility index (Phi) is 5.66. The van der Waals surface area contributed by atoms with E-state index < -0.39 is 0 Å². The SMILES string of the molecule is CSC1(C(N)=NO)CCN(Cc2ccc(Cl)c(Cl)c2)CC1. The fourth-order valence-electron chi connectivity index (χ4n) is 2.62. The lowest BCUT2D eigenvalue weighted by molar-refractivity contribution is 0.209. The molecule has 7 heteroatoms. The Labute approximate surface area is 139 Å². The highest BCUT2D eigenvalue weighted by atomic mass is 35.5. The Bertz CT molecular complexity index is 531. The molecule has 0 atom stereocenters. The predicted molar refractivity (Wildman–Crippen MR) is 90.6 cm³/mol. The molecule has 3 N–H and O–H groups in total. The van der Waals surface area contributed by atoms with Crippen LogP contribution in [0.4, 0.5) is 0 Å². The molecule has 0 aliphatic carbocycles. The Morgan fingerprint density at radius 1 is 1.38 bits per heavy atom. The number of hydrogen-bond donors (Lipinski definition) is 2. The predicted octanol–water partition coefficient (Wildman–Crippen LogP) is 3.44. The number of amidine groups is 1. The quantitative estimate of drug-likeness (QED) is 0.379. The van der Waals surface area contributed by atoms with E-state index >= 15 is 0 Å². The van der Waals surface area contributed by atoms with Crippen LogP contribution in [0, 0.1) is 0 Å². The van der Waals surface area contributed by atoms with Crippen molar-refractivity contribution in [2.75, 3.05) is 19.3 Å². The second-order valence-electron chi connectivity index (χ2n) is 5.21. The van der Waals surface area contributed by atoms with Crippen LogP contribution in [-0.4, -0.2) is 40.0 Å². The van der Waals surface area contributed by atoms with Crippen LogP contribution in [-0.2, 0) is 6.54 Å². The molecule has 0 aromatic heterocycles. The van der Waals surface area contributed by atoms with Gasteiger partial charge < -0.3 is 10.9 Å². The molecule has 0 unspecified atom stereocenters. The van der Waals surface area contributed by atoms with Gasteiger partial charge >= 0.3 is 0 Å². The third-order valence-electron chi connectivity index (χ3n) is 4.02. The van der Waals surface area contributed by atoms with Crippen molar-refractivity contribution in [3.63, 3.8) is 0 Å². The van der Waals surface area contributed by atoms with E-state index in [9.17, 15) is 0 Å². The van der Waals surface area contributed by atoms with Gasteiger partial charge in [-0.25, -0.2) is 0 Å². The average molecular weight is 348 g/mol. The van der Waals surface area contributed by atoms with Gasteiger partial charge in [-0.3, -0.25) is 4.90 Å². The molecule has 1 aliphatic rings. The van der Waals surface area contributed by atoms with Crippen molar-refractivity contribution >= 4 is 40.8 Å². The minimum absolute atomic E-state index is 0.247. The second-order valence-corrected chi connectivity index (χ2v) is 7.21. The van der Waals surface area contributed by atoms with E-state index in [1.807, 2.05) is 24.5 Å². The molecular formula is C14H19Cl2N3OS. The van der Waals surface area contributed by atoms with Crippen LogP contribution in [0.15, 0.2) is 23.4 Å². The minimum atomic E-state index is -0.247. The molecule has 1 aliphatic heterocycles. The van der Waals surface area contributed by atoms with Crippen LogP contribution < -0.4 is 5.73 Å². The first-order valence-electron chi connectivity index (χ1n) is 6.70. The van der Waals surface area contributed by atoms with Gasteiger partial charge in [0.25, 0.3) is 0 Å². The van der Waals surface area contributed by atoms with Crippen molar-refractivity contribution in [1.29, 1.82) is 0 Å². The zero-order valence-electron chi connectivity index (χ0n) is 11.9. The summed E-state index contributed by atoms with van der Waals surface area (Å²) < 4.78 is -0.247. The highest BCUT2D eigenvalue weighted by Gasteiger charge is 2.38. The number of oxime groups is 1. The number of nitrogens with zero attached hydrogens (tertiary/aromatic N) is 2. The van der Waals surface area contributed by atoms with Gasteiger partial charge in [-0.2, -0.15) is 11.8 Å². The largest absolute Gasteiger partial charge is 0.409 e. The number of likely N-dealkylation sites (tertiary alicyclic amines) is 1. The smallest absolute Gasteiger partial charge is 0.155 e. The van der Waals surface area contributed by atoms with E-state index in [1.54, 1.807) is 11.8 Å². The zero-order valence-corrected chi connectivity index (χ0v) is 14.2. The molecule has 21 heavy (non-hydrogen) atoms. The van der Waals surface area contributed by atoms with Gasteiger partial charge in [0.2, 0.25) is 0 Å². The fourth-order valence-corrected chi connectivity index (χ4v) is 3.79. The number of benzene rings is 1. The van der Waals surface area contributed by atoms with Crippen molar-refractivity contribution in [1.82, 2.24) is 4.90 Å². The molecule has 0 bridgehead atoms. The summed E-state index contributed by atoms with van der Waals surface area (Å²) in [5, 5.41) is 13.3. The number of halogens is 2. The lowest BCUT2D eigenvalue weighted by Gasteiger charge is -2.39. The maximum Gasteiger partial charge on any atom is 0.155 e. The molecule has 0 saturated carbocycles. The van der Waals surface area contributed by atoms with Gasteiger partial charge in [0.15, 0.2) is 5.84 Å². The van der Waals surface area contributed by atoms with Gasteiger partial charge in [0, 0.05) is 19.6 Å². The van der Waals surface area contributed by atoms with Crippen molar-refractivity contribution < 1.29 is 5.21 Å². The van der Waals surface area contributed by atoms with Gasteiger partial charge in [0.05, 0.1) is 14.8 Å². The van der Waals surface area contributed by atoms with E-state index in [-0.39, 0.29) is 4.75 Å². The van der Waals surface area contributed by atoms with E-state index in [2.05, 4.69) is 10.1 Å². The number of hydrogen-bond acceptors (Lipinski definition) is 4. The highest BCUT2D eigenvalue weighted by Crippen LogP contribution is 2.35. The van der Waals surface area contributed by atoms with Crippen LogP contribution in [0.5, 0.6) is 0 Å². The van der Waals surface area contributed by atoms with Gasteiger partial charge in [-0.05, 0) is 36.8 Å². The van der Waals surface area contributed by atoms with Crippen LogP contribution in [0.2, 0.25) is 10.0 Å². The Morgan fingerprint density at radius 2 is 2.05 bits per heavy atom. The normalized spacial score (nSPS) is 19.7. The summed E-state index contributed by atoms with van der Waals surface area (Å²) in [6.07, 6.45) is 3.74. The summed E-state index contributed by atoms with van der Waals surface area (Å²) >= 11 is 13.6. The second kappa shape index (κ2) is 7.09. The summed E-state index contributed by atoms with van der Waals surface area (Å²) in [7, 11) is 0. The van der Waals surface area contributed by atoms with Gasteiger partial charge in [-0.1, -0.05) is 34.4 Å². The van der Waals surface area contributed by atoms with Crippen LogP contribution in [0.25, 0.3) is 0 Å². The van der Waals surface area contributed by atoms with Crippen LogP contribution in [0.1, 0.15) is 18.4 Å². The summed E-state index contributed by atoms with van der Waals surface area (Å²) in [4.78, 5) is 2.35. The number of nitrogens with two attached hydrogens (primary N) is 1. The molecule has 1 aromatic rings. The first kappa shape index (κ1) is 16.7. The maximum absolute atomic E-state index is 8.95. The third kappa shape index (κ3) is 3.77. The number of thioether (sulfide) groups is 1. The Hall–Kier alpha value is -0.620. The molecule has 0 radical (unpaired) electrons. The fraction of sp³-hybridized carbons (Fsp3) is 0.500. The molecule has 0 amide bonds. The van der Waals surface area contributed by atoms with Crippen molar-refractivity contribution in [2.45, 2.75) is 24.1 Å². The molecule has 0 spiro atoms. The molecule has 1 fully saturated rings. The number of piperidine rings is 1. The molecule has 4 nitrogen and oxygen atoms in total. The van der Waals surface area contributed by atoms with E-state index in [4.69, 9.17) is 34.1 Å². The number of rotatable bonds is 4. The van der Waals surface area contributed by atoms with Crippen molar-refractivity contribution in [3.8, 4) is 0 Å². The third-order valence-corrected chi connectivity index (χ3v) is 6.16. The summed E-state index contributed by atoms with van der Waals surface area (Å²) in [5.41, 5.74) is 7.00. The Balaban J connectivity index is 1.99. The average Bonchev–Trinajstić information content (AvgIpc) is 2.51. The van der Waals surface area contributed by atoms with Gasteiger partial charge in [-0.15, -0.1) is 0 Å². The van der Waals surface area contributed by atoms with Crippen LogP contribution in [0.3, 0.4) is 0 Å². The van der Waals surface area contributed by atoms with Crippen LogP contribution >= 0.6 is 35.0 Å². The zero-order chi connectivity index (χ0) is 15.5. The molecule has 2 rings (SSSR count). The lowest BCUT2D eigenvalue weighted by atomic mass is 9.94. The topological polar surface area (TPSA) is 61.9 Å². The van der Waals surface area contributed by atoms with E-state index in [1.165, 1.54) is 0 Å². The van der Waals surface area contributed by atoms with Crippen molar-refractivity contribution in [3.05, 3.63) is 33.8 Å². The molecule has 1 heterocycles. The molecule has 1 saturated heterocycles. The van der Waals surface area contributed by atoms with E-state index in [0.29, 0.717) is 15.9 Å². The summed E-state index contributed by atoms with van der Waals surface area (Å²) in [5.74, 6) is 0.323. The molecule has 116 valence electrons. The summed E-state index contributed by atoms with van der Waals surface area (Å²) in [6.45, 7) is 2.63. The first-order chi connectivity index (χ1) is 10.0. The van der Waals surface area contributed by atoms with Gasteiger partial charge in [0.1, 0.15) is 0 Å². The molecular weight excluding hydrogens is 329 g/mol. The Morgan fingerprint density at radius 3 is 2.57 bits per heavy atom. The molecule has 1 aromatic carbocycles. The first-order valence-corrected chi connectivity index (χ1v) is 8.68. The summed E-state index contributed by atoms with van der Waals surface area (Å²) in [6, 6.07) is 5.73. The maximum atomic E-state index is 8.95. The monoisotopic (exact) mass is 347 g/mol. The lowest BCUT2D eigenvalue weighted by Crippen LogP contribution is -2.49. The standard InChI is InChI=1S/C14H19Cl2N3OS/c1-21-14(13(17)18-20)4-6-19(7-5-14)9-10-2-3-11(15)12(16)8-10/h2-3,8,20H,4-7,9H2,1H3,(H2,17,18). The van der Waals surface area contributed by atoms with Crippen molar-refractivity contribution in [2.24, 2.45) is 10.9 Å².